The van der Waals surface area contributed by atoms with Crippen molar-refractivity contribution in [2.45, 2.75) is 44.6 Å². The van der Waals surface area contributed by atoms with Crippen molar-refractivity contribution in [3.63, 3.8) is 0 Å². The molecule has 138 valence electrons. The van der Waals surface area contributed by atoms with Crippen LogP contribution in [0.5, 0.6) is 5.75 Å². The van der Waals surface area contributed by atoms with Gasteiger partial charge in [-0.15, -0.1) is 0 Å². The minimum absolute atomic E-state index is 0.0419. The average Bonchev–Trinajstić information content (AvgIpc) is 2.66. The summed E-state index contributed by atoms with van der Waals surface area (Å²) in [5.41, 5.74) is 1.23. The molecule has 25 heavy (non-hydrogen) atoms. The maximum absolute atomic E-state index is 12.3. The van der Waals surface area contributed by atoms with Gasteiger partial charge in [-0.1, -0.05) is 31.4 Å². The predicted molar refractivity (Wildman–Crippen MR) is 97.9 cm³/mol. The van der Waals surface area contributed by atoms with Crippen LogP contribution in [-0.2, 0) is 9.53 Å². The van der Waals surface area contributed by atoms with E-state index in [-0.39, 0.29) is 18.1 Å². The van der Waals surface area contributed by atoms with E-state index in [2.05, 4.69) is 10.2 Å². The van der Waals surface area contributed by atoms with Gasteiger partial charge in [0, 0.05) is 25.2 Å². The first-order chi connectivity index (χ1) is 12.2. The van der Waals surface area contributed by atoms with Gasteiger partial charge in [0.25, 0.3) is 5.91 Å². The van der Waals surface area contributed by atoms with Gasteiger partial charge in [0.1, 0.15) is 5.75 Å². The number of hydrogen-bond acceptors (Lipinski definition) is 4. The van der Waals surface area contributed by atoms with Crippen LogP contribution in [0, 0.1) is 6.92 Å². The minimum atomic E-state index is -0.0419. The van der Waals surface area contributed by atoms with Crippen LogP contribution in [0.1, 0.15) is 37.7 Å². The van der Waals surface area contributed by atoms with Crippen molar-refractivity contribution in [1.82, 2.24) is 10.2 Å². The van der Waals surface area contributed by atoms with Crippen LogP contribution in [0.25, 0.3) is 0 Å². The Balaban J connectivity index is 1.52. The Labute approximate surface area is 150 Å². The van der Waals surface area contributed by atoms with Crippen LogP contribution in [0.4, 0.5) is 0 Å². The van der Waals surface area contributed by atoms with Gasteiger partial charge in [-0.05, 0) is 37.5 Å². The van der Waals surface area contributed by atoms with Crippen LogP contribution in [0.3, 0.4) is 0 Å². The molecule has 1 N–H and O–H groups in total. The highest BCUT2D eigenvalue weighted by atomic mass is 16.5. The van der Waals surface area contributed by atoms with Gasteiger partial charge < -0.3 is 14.8 Å². The van der Waals surface area contributed by atoms with Gasteiger partial charge in [0.15, 0.2) is 6.61 Å². The second-order valence-corrected chi connectivity index (χ2v) is 7.27. The van der Waals surface area contributed by atoms with E-state index in [4.69, 9.17) is 9.47 Å². The second kappa shape index (κ2) is 8.68. The summed E-state index contributed by atoms with van der Waals surface area (Å²) in [5, 5.41) is 3.13. The molecular weight excluding hydrogens is 316 g/mol. The summed E-state index contributed by atoms with van der Waals surface area (Å²) in [6, 6.07) is 7.79. The Morgan fingerprint density at radius 1 is 1.24 bits per heavy atom. The first kappa shape index (κ1) is 18.2. The Bertz CT molecular complexity index is 564. The fourth-order valence-corrected chi connectivity index (χ4v) is 4.02. The largest absolute Gasteiger partial charge is 0.484 e. The van der Waals surface area contributed by atoms with Crippen molar-refractivity contribution in [2.24, 2.45) is 0 Å². The van der Waals surface area contributed by atoms with Crippen molar-refractivity contribution >= 4 is 5.91 Å². The summed E-state index contributed by atoms with van der Waals surface area (Å²) in [5.74, 6) is 0.704. The first-order valence-electron chi connectivity index (χ1n) is 9.47. The number of aryl methyl sites for hydroxylation is 1. The van der Waals surface area contributed by atoms with E-state index >= 15 is 0 Å². The molecule has 1 aromatic rings. The SMILES string of the molecule is Cc1cccc(OCC(=O)NCC2(N3CCOCC3)CCCCC2)c1. The van der Waals surface area contributed by atoms with E-state index in [0.29, 0.717) is 6.54 Å². The number of hydrogen-bond donors (Lipinski definition) is 1. The Morgan fingerprint density at radius 3 is 2.72 bits per heavy atom. The molecular formula is C20H30N2O3. The molecule has 0 atom stereocenters. The van der Waals surface area contributed by atoms with Crippen LogP contribution < -0.4 is 10.1 Å². The number of nitrogens with zero attached hydrogens (tertiary/aromatic N) is 1. The lowest BCUT2D eigenvalue weighted by molar-refractivity contribution is -0.124. The van der Waals surface area contributed by atoms with Crippen molar-refractivity contribution < 1.29 is 14.3 Å². The van der Waals surface area contributed by atoms with E-state index in [1.807, 2.05) is 31.2 Å². The summed E-state index contributed by atoms with van der Waals surface area (Å²) in [6.45, 7) is 6.33. The second-order valence-electron chi connectivity index (χ2n) is 7.27. The normalized spacial score (nSPS) is 20.8. The predicted octanol–water partition coefficient (Wildman–Crippen LogP) is 2.53. The zero-order valence-electron chi connectivity index (χ0n) is 15.3. The highest BCUT2D eigenvalue weighted by molar-refractivity contribution is 5.77. The van der Waals surface area contributed by atoms with E-state index < -0.39 is 0 Å². The van der Waals surface area contributed by atoms with Crippen molar-refractivity contribution in [1.29, 1.82) is 0 Å². The molecule has 0 radical (unpaired) electrons. The summed E-state index contributed by atoms with van der Waals surface area (Å²) in [7, 11) is 0. The molecule has 2 fully saturated rings. The average molecular weight is 346 g/mol. The van der Waals surface area contributed by atoms with Gasteiger partial charge in [-0.2, -0.15) is 0 Å². The summed E-state index contributed by atoms with van der Waals surface area (Å²) in [6.07, 6.45) is 6.11. The van der Waals surface area contributed by atoms with Gasteiger partial charge in [-0.25, -0.2) is 0 Å². The van der Waals surface area contributed by atoms with Crippen LogP contribution >= 0.6 is 0 Å². The summed E-state index contributed by atoms with van der Waals surface area (Å²) in [4.78, 5) is 14.8. The minimum Gasteiger partial charge on any atom is -0.484 e. The van der Waals surface area contributed by atoms with E-state index in [9.17, 15) is 4.79 Å². The molecule has 1 amide bonds. The molecule has 1 aliphatic carbocycles. The van der Waals surface area contributed by atoms with E-state index in [1.54, 1.807) is 0 Å². The third kappa shape index (κ3) is 4.95. The fourth-order valence-electron chi connectivity index (χ4n) is 4.02. The van der Waals surface area contributed by atoms with Gasteiger partial charge >= 0.3 is 0 Å². The molecule has 0 aromatic heterocycles. The van der Waals surface area contributed by atoms with Crippen molar-refractivity contribution in [3.05, 3.63) is 29.8 Å². The molecule has 1 aromatic carbocycles. The van der Waals surface area contributed by atoms with Crippen molar-refractivity contribution in [2.75, 3.05) is 39.5 Å². The lowest BCUT2D eigenvalue weighted by Gasteiger charge is -2.48. The molecule has 0 unspecified atom stereocenters. The quantitative estimate of drug-likeness (QED) is 0.860. The molecule has 5 heteroatoms. The number of carbonyl (C=O) groups excluding carboxylic acids is 1. The Morgan fingerprint density at radius 2 is 2.00 bits per heavy atom. The zero-order valence-corrected chi connectivity index (χ0v) is 15.3. The third-order valence-corrected chi connectivity index (χ3v) is 5.44. The maximum atomic E-state index is 12.3. The highest BCUT2D eigenvalue weighted by Crippen LogP contribution is 2.33. The molecule has 0 spiro atoms. The Kier molecular flexibility index (Phi) is 6.32. The molecule has 5 nitrogen and oxygen atoms in total. The number of nitrogens with one attached hydrogen (secondary N) is 1. The monoisotopic (exact) mass is 346 g/mol. The summed E-state index contributed by atoms with van der Waals surface area (Å²) < 4.78 is 11.1. The maximum Gasteiger partial charge on any atom is 0.258 e. The number of benzene rings is 1. The number of amides is 1. The number of morpholine rings is 1. The van der Waals surface area contributed by atoms with E-state index in [0.717, 1.165) is 50.5 Å². The number of carbonyl (C=O) groups is 1. The standard InChI is InChI=1S/C20H30N2O3/c1-17-6-5-7-18(14-17)25-15-19(23)21-16-20(8-3-2-4-9-20)22-10-12-24-13-11-22/h5-7,14H,2-4,8-13,15-16H2,1H3,(H,21,23). The smallest absolute Gasteiger partial charge is 0.258 e. The van der Waals surface area contributed by atoms with Crippen LogP contribution in [0.15, 0.2) is 24.3 Å². The van der Waals surface area contributed by atoms with Crippen molar-refractivity contribution in [3.8, 4) is 5.75 Å². The number of ether oxygens (including phenoxy) is 2. The van der Waals surface area contributed by atoms with Gasteiger partial charge in [0.05, 0.1) is 13.2 Å². The third-order valence-electron chi connectivity index (χ3n) is 5.44. The van der Waals surface area contributed by atoms with Crippen LogP contribution in [0.2, 0.25) is 0 Å². The molecule has 0 bridgehead atoms. The zero-order chi connectivity index (χ0) is 17.5. The van der Waals surface area contributed by atoms with E-state index in [1.165, 1.54) is 19.3 Å². The molecule has 1 heterocycles. The fraction of sp³-hybridized carbons (Fsp3) is 0.650. The molecule has 1 saturated heterocycles. The molecule has 1 aliphatic heterocycles. The lowest BCUT2D eigenvalue weighted by Crippen LogP contribution is -2.60. The summed E-state index contributed by atoms with van der Waals surface area (Å²) >= 11 is 0. The molecule has 2 aliphatic rings. The highest BCUT2D eigenvalue weighted by Gasteiger charge is 2.38. The first-order valence-corrected chi connectivity index (χ1v) is 9.47. The molecule has 1 saturated carbocycles. The number of rotatable bonds is 6. The topological polar surface area (TPSA) is 50.8 Å². The van der Waals surface area contributed by atoms with Gasteiger partial charge in [0.2, 0.25) is 0 Å². The lowest BCUT2D eigenvalue weighted by atomic mass is 9.79. The molecule has 3 rings (SSSR count). The van der Waals surface area contributed by atoms with Gasteiger partial charge in [-0.3, -0.25) is 9.69 Å². The van der Waals surface area contributed by atoms with Crippen LogP contribution in [-0.4, -0.2) is 55.8 Å². The Hall–Kier alpha value is -1.59.